The number of rotatable bonds is 4. The van der Waals surface area contributed by atoms with Crippen LogP contribution < -0.4 is 0 Å². The first kappa shape index (κ1) is 15.7. The second-order valence-corrected chi connectivity index (χ2v) is 8.45. The number of aliphatic hydroxyl groups is 2. The minimum atomic E-state index is -4.14. The zero-order valence-corrected chi connectivity index (χ0v) is 13.4. The predicted molar refractivity (Wildman–Crippen MR) is 80.4 cm³/mol. The van der Waals surface area contributed by atoms with Crippen LogP contribution in [0.4, 0.5) is 4.39 Å². The van der Waals surface area contributed by atoms with Gasteiger partial charge in [0.2, 0.25) is 9.84 Å². The van der Waals surface area contributed by atoms with Crippen LogP contribution in [0.2, 0.25) is 0 Å². The maximum Gasteiger partial charge on any atom is 0.267 e. The number of sulfone groups is 1. The summed E-state index contributed by atoms with van der Waals surface area (Å²) in [5, 5.41) is 22.3. The molecule has 2 atom stereocenters. The van der Waals surface area contributed by atoms with E-state index in [1.807, 2.05) is 30.3 Å². The van der Waals surface area contributed by atoms with Gasteiger partial charge in [-0.25, -0.2) is 17.5 Å². The van der Waals surface area contributed by atoms with E-state index in [-0.39, 0.29) is 25.1 Å². The molecule has 0 spiro atoms. The third-order valence-electron chi connectivity index (χ3n) is 4.82. The van der Waals surface area contributed by atoms with Crippen LogP contribution in [0.1, 0.15) is 42.9 Å². The molecule has 1 aromatic carbocycles. The third-order valence-corrected chi connectivity index (χ3v) is 7.16. The van der Waals surface area contributed by atoms with Gasteiger partial charge in [0.05, 0.1) is 6.04 Å². The zero-order valence-electron chi connectivity index (χ0n) is 12.6. The van der Waals surface area contributed by atoms with Crippen molar-refractivity contribution in [3.8, 4) is 0 Å². The Morgan fingerprint density at radius 3 is 2.50 bits per heavy atom. The fraction of sp³-hybridized carbons (Fsp3) is 0.467. The van der Waals surface area contributed by atoms with Crippen LogP contribution in [0.5, 0.6) is 0 Å². The highest BCUT2D eigenvalue weighted by Crippen LogP contribution is 2.49. The summed E-state index contributed by atoms with van der Waals surface area (Å²) in [5.41, 5.74) is 0.816. The summed E-state index contributed by atoms with van der Waals surface area (Å²) in [6.07, 6.45) is -3.03. The minimum Gasteiger partial charge on any atom is -0.367 e. The number of hydrogen-bond donors (Lipinski definition) is 2. The molecule has 4 rings (SSSR count). The molecule has 2 aliphatic rings. The second-order valence-electron chi connectivity index (χ2n) is 6.27. The monoisotopic (exact) mass is 353 g/mol. The Hall–Kier alpha value is -1.84. The summed E-state index contributed by atoms with van der Waals surface area (Å²) in [6, 6.07) is 8.68. The average Bonchev–Trinajstić information content (AvgIpc) is 3.18. The summed E-state index contributed by atoms with van der Waals surface area (Å²) in [7, 11) is -4.14. The van der Waals surface area contributed by atoms with Gasteiger partial charge in [0.25, 0.3) is 5.16 Å². The predicted octanol–water partition coefficient (Wildman–Crippen LogP) is 0.899. The highest BCUT2D eigenvalue weighted by molar-refractivity contribution is 7.93. The van der Waals surface area contributed by atoms with E-state index in [4.69, 9.17) is 0 Å². The summed E-state index contributed by atoms with van der Waals surface area (Å²) < 4.78 is 39.2. The lowest BCUT2D eigenvalue weighted by Crippen LogP contribution is -2.37. The Bertz CT molecular complexity index is 877. The SMILES string of the molecule is O=S(=O)(c1nc2n(n1)[C@H](c1ccccc1)C[C@@H]2F)C1(C(O)O)CC1. The lowest BCUT2D eigenvalue weighted by molar-refractivity contribution is -0.0482. The van der Waals surface area contributed by atoms with Crippen molar-refractivity contribution in [2.45, 2.75) is 47.7 Å². The van der Waals surface area contributed by atoms with E-state index < -0.39 is 38.2 Å². The molecule has 2 heterocycles. The van der Waals surface area contributed by atoms with Crippen LogP contribution in [0.25, 0.3) is 0 Å². The molecule has 1 aliphatic carbocycles. The highest BCUT2D eigenvalue weighted by atomic mass is 32.2. The van der Waals surface area contributed by atoms with Gasteiger partial charge in [-0.3, -0.25) is 0 Å². The molecule has 2 N–H and O–H groups in total. The van der Waals surface area contributed by atoms with Crippen molar-refractivity contribution in [1.82, 2.24) is 14.8 Å². The van der Waals surface area contributed by atoms with Crippen molar-refractivity contribution in [2.75, 3.05) is 0 Å². The molecule has 0 bridgehead atoms. The molecule has 0 radical (unpaired) electrons. The van der Waals surface area contributed by atoms with Crippen molar-refractivity contribution in [1.29, 1.82) is 0 Å². The van der Waals surface area contributed by atoms with E-state index in [1.165, 1.54) is 4.68 Å². The number of benzene rings is 1. The highest BCUT2D eigenvalue weighted by Gasteiger charge is 2.62. The number of hydrogen-bond acceptors (Lipinski definition) is 6. The minimum absolute atomic E-state index is 0.0364. The summed E-state index contributed by atoms with van der Waals surface area (Å²) >= 11 is 0. The molecule has 1 fully saturated rings. The zero-order chi connectivity index (χ0) is 17.1. The summed E-state index contributed by atoms with van der Waals surface area (Å²) in [6.45, 7) is 0. The van der Waals surface area contributed by atoms with Crippen molar-refractivity contribution >= 4 is 9.84 Å². The quantitative estimate of drug-likeness (QED) is 0.791. The molecule has 24 heavy (non-hydrogen) atoms. The first-order valence-corrected chi connectivity index (χ1v) is 9.11. The molecule has 0 amide bonds. The molecule has 0 unspecified atom stereocenters. The fourth-order valence-corrected chi connectivity index (χ4v) is 4.89. The second kappa shape index (κ2) is 5.08. The largest absolute Gasteiger partial charge is 0.367 e. The number of alkyl halides is 1. The Balaban J connectivity index is 1.77. The van der Waals surface area contributed by atoms with Gasteiger partial charge in [0.15, 0.2) is 18.3 Å². The Morgan fingerprint density at radius 1 is 1.25 bits per heavy atom. The van der Waals surface area contributed by atoms with Gasteiger partial charge in [0.1, 0.15) is 4.75 Å². The molecule has 1 aromatic heterocycles. The van der Waals surface area contributed by atoms with E-state index >= 15 is 0 Å². The molecule has 128 valence electrons. The molecule has 0 saturated heterocycles. The molecule has 9 heteroatoms. The van der Waals surface area contributed by atoms with Crippen LogP contribution >= 0.6 is 0 Å². The van der Waals surface area contributed by atoms with Crippen molar-refractivity contribution in [2.24, 2.45) is 0 Å². The Morgan fingerprint density at radius 2 is 1.92 bits per heavy atom. The van der Waals surface area contributed by atoms with Gasteiger partial charge in [0, 0.05) is 6.42 Å². The van der Waals surface area contributed by atoms with Gasteiger partial charge >= 0.3 is 0 Å². The number of nitrogens with zero attached hydrogens (tertiary/aromatic N) is 3. The summed E-state index contributed by atoms with van der Waals surface area (Å²) in [4.78, 5) is 3.87. The van der Waals surface area contributed by atoms with Crippen molar-refractivity contribution in [3.05, 3.63) is 41.7 Å². The number of halogens is 1. The van der Waals surface area contributed by atoms with E-state index in [9.17, 15) is 23.0 Å². The molecular weight excluding hydrogens is 337 g/mol. The maximum absolute atomic E-state index is 14.3. The molecule has 7 nitrogen and oxygen atoms in total. The van der Waals surface area contributed by atoms with Gasteiger partial charge < -0.3 is 10.2 Å². The van der Waals surface area contributed by atoms with Crippen LogP contribution in [0.15, 0.2) is 35.5 Å². The smallest absolute Gasteiger partial charge is 0.267 e. The first-order valence-electron chi connectivity index (χ1n) is 7.63. The lowest BCUT2D eigenvalue weighted by atomic mass is 10.0. The number of aliphatic hydroxyl groups excluding tert-OH is 1. The lowest BCUT2D eigenvalue weighted by Gasteiger charge is -2.16. The van der Waals surface area contributed by atoms with Gasteiger partial charge in [-0.2, -0.15) is 4.98 Å². The van der Waals surface area contributed by atoms with E-state index in [0.717, 1.165) is 5.56 Å². The fourth-order valence-electron chi connectivity index (χ4n) is 3.20. The van der Waals surface area contributed by atoms with E-state index in [2.05, 4.69) is 10.1 Å². The first-order chi connectivity index (χ1) is 11.4. The number of aromatic nitrogens is 3. The average molecular weight is 353 g/mol. The van der Waals surface area contributed by atoms with Crippen LogP contribution in [0, 0.1) is 0 Å². The van der Waals surface area contributed by atoms with Crippen LogP contribution in [0.3, 0.4) is 0 Å². The molecule has 1 aliphatic heterocycles. The van der Waals surface area contributed by atoms with Crippen LogP contribution in [-0.2, 0) is 9.84 Å². The number of fused-ring (bicyclic) bond motifs is 1. The topological polar surface area (TPSA) is 105 Å². The Labute approximate surface area is 137 Å². The van der Waals surface area contributed by atoms with Crippen molar-refractivity contribution < 1.29 is 23.0 Å². The van der Waals surface area contributed by atoms with Crippen molar-refractivity contribution in [3.63, 3.8) is 0 Å². The standard InChI is InChI=1S/C15H16FN3O4S/c16-10-8-11(9-4-2-1-3-5-9)19-12(10)17-14(18-19)24(22,23)15(6-7-15)13(20)21/h1-5,10-11,13,20-21H,6-8H2/t10-,11-/m0/s1. The van der Waals surface area contributed by atoms with Crippen LogP contribution in [-0.4, -0.2) is 44.4 Å². The molecule has 2 aromatic rings. The van der Waals surface area contributed by atoms with E-state index in [1.54, 1.807) is 0 Å². The molecular formula is C15H16FN3O4S. The Kier molecular flexibility index (Phi) is 3.32. The summed E-state index contributed by atoms with van der Waals surface area (Å²) in [5.74, 6) is -0.0364. The third kappa shape index (κ3) is 2.04. The maximum atomic E-state index is 14.3. The van der Waals surface area contributed by atoms with Gasteiger partial charge in [-0.15, -0.1) is 5.10 Å². The normalized spacial score (nSPS) is 25.0. The molecule has 1 saturated carbocycles. The van der Waals surface area contributed by atoms with E-state index in [0.29, 0.717) is 0 Å². The van der Waals surface area contributed by atoms with Gasteiger partial charge in [-0.1, -0.05) is 30.3 Å². The van der Waals surface area contributed by atoms with Gasteiger partial charge in [-0.05, 0) is 18.4 Å².